The highest BCUT2D eigenvalue weighted by atomic mass is 17.3. The molecule has 23 heavy (non-hydrogen) atoms. The van der Waals surface area contributed by atoms with Crippen LogP contribution in [-0.2, 0) is 29.1 Å². The van der Waals surface area contributed by atoms with Crippen LogP contribution in [0.25, 0.3) is 0 Å². The summed E-state index contributed by atoms with van der Waals surface area (Å²) in [5, 5.41) is 0. The maximum atomic E-state index is 11.7. The van der Waals surface area contributed by atoms with Gasteiger partial charge in [-0.25, -0.2) is 9.78 Å². The molecular weight excluding hydrogens is 300 g/mol. The van der Waals surface area contributed by atoms with E-state index in [-0.39, 0.29) is 31.0 Å². The zero-order chi connectivity index (χ0) is 17.7. The molecule has 0 amide bonds. The van der Waals surface area contributed by atoms with Gasteiger partial charge in [0.05, 0.1) is 25.2 Å². The van der Waals surface area contributed by atoms with Crippen LogP contribution in [0.4, 0.5) is 0 Å². The molecule has 0 aromatic carbocycles. The molecule has 0 aliphatic heterocycles. The highest BCUT2D eigenvalue weighted by molar-refractivity contribution is 5.69. The van der Waals surface area contributed by atoms with Crippen LogP contribution in [0.3, 0.4) is 0 Å². The first-order valence-electron chi connectivity index (χ1n) is 8.71. The summed E-state index contributed by atoms with van der Waals surface area (Å²) in [5.41, 5.74) is 0. The lowest BCUT2D eigenvalue weighted by atomic mass is 10.2. The first-order valence-corrected chi connectivity index (χ1v) is 8.71. The van der Waals surface area contributed by atoms with Crippen LogP contribution in [-0.4, -0.2) is 30.6 Å². The summed E-state index contributed by atoms with van der Waals surface area (Å²) < 4.78 is 5.14. The van der Waals surface area contributed by atoms with E-state index in [1.807, 2.05) is 34.6 Å². The van der Waals surface area contributed by atoms with Crippen LogP contribution in [0, 0.1) is 0 Å². The van der Waals surface area contributed by atoms with Crippen molar-refractivity contribution in [1.29, 1.82) is 0 Å². The van der Waals surface area contributed by atoms with Gasteiger partial charge in [-0.15, -0.1) is 0 Å². The van der Waals surface area contributed by atoms with Gasteiger partial charge >= 0.3 is 5.97 Å². The second kappa shape index (κ2) is 12.7. The average Bonchev–Trinajstić information content (AvgIpc) is 2.56. The number of ether oxygens (including phenoxy) is 1. The first-order chi connectivity index (χ1) is 10.9. The van der Waals surface area contributed by atoms with Gasteiger partial charge in [0.1, 0.15) is 0 Å². The molecule has 0 rings (SSSR count). The number of carbonyl (C=O) groups is 1. The molecule has 0 heterocycles. The molecule has 0 aromatic rings. The van der Waals surface area contributed by atoms with Crippen molar-refractivity contribution in [2.24, 2.45) is 0 Å². The Labute approximate surface area is 140 Å². The molecule has 0 aromatic heterocycles. The van der Waals surface area contributed by atoms with Gasteiger partial charge < -0.3 is 4.74 Å². The number of rotatable bonds is 14. The minimum atomic E-state index is -1.16. The van der Waals surface area contributed by atoms with Gasteiger partial charge in [0, 0.05) is 6.42 Å². The maximum Gasteiger partial charge on any atom is 0.305 e. The molecule has 0 saturated heterocycles. The Morgan fingerprint density at radius 2 is 1.52 bits per heavy atom. The normalized spacial score (nSPS) is 16.6. The van der Waals surface area contributed by atoms with Crippen LogP contribution in [0.5, 0.6) is 0 Å². The third-order valence-electron chi connectivity index (χ3n) is 3.47. The zero-order valence-corrected chi connectivity index (χ0v) is 15.6. The van der Waals surface area contributed by atoms with E-state index in [4.69, 9.17) is 24.3 Å². The molecule has 0 aliphatic carbocycles. The largest absolute Gasteiger partial charge is 0.466 e. The predicted molar refractivity (Wildman–Crippen MR) is 87.4 cm³/mol. The van der Waals surface area contributed by atoms with Gasteiger partial charge in [0.15, 0.2) is 0 Å². The smallest absolute Gasteiger partial charge is 0.305 e. The Morgan fingerprint density at radius 1 is 1.00 bits per heavy atom. The van der Waals surface area contributed by atoms with Gasteiger partial charge in [0.2, 0.25) is 5.79 Å². The minimum Gasteiger partial charge on any atom is -0.466 e. The molecule has 0 fully saturated rings. The predicted octanol–water partition coefficient (Wildman–Crippen LogP) is 4.32. The van der Waals surface area contributed by atoms with E-state index >= 15 is 0 Å². The molecular formula is C17H34O6. The number of unbranched alkanes of at least 4 members (excludes halogenated alkanes) is 1. The van der Waals surface area contributed by atoms with Crippen LogP contribution in [0.15, 0.2) is 0 Å². The van der Waals surface area contributed by atoms with Gasteiger partial charge in [-0.3, -0.25) is 4.79 Å². The number of esters is 1. The SMILES string of the molecule is CCCCOC(=O)CCC(C)(OOC(C)CC)OOC(C)CC. The Balaban J connectivity index is 4.42. The van der Waals surface area contributed by atoms with Crippen LogP contribution in [0.2, 0.25) is 0 Å². The van der Waals surface area contributed by atoms with Crippen LogP contribution < -0.4 is 0 Å². The second-order valence-corrected chi connectivity index (χ2v) is 6.00. The summed E-state index contributed by atoms with van der Waals surface area (Å²) in [6.45, 7) is 12.0. The summed E-state index contributed by atoms with van der Waals surface area (Å²) >= 11 is 0. The van der Waals surface area contributed by atoms with Crippen molar-refractivity contribution in [3.63, 3.8) is 0 Å². The standard InChI is InChI=1S/C17H34O6/c1-7-10-13-19-16(18)11-12-17(6,22-20-14(4)8-2)23-21-15(5)9-3/h14-15H,7-13H2,1-6H3. The average molecular weight is 334 g/mol. The Morgan fingerprint density at radius 3 is 1.96 bits per heavy atom. The molecule has 0 N–H and O–H groups in total. The lowest BCUT2D eigenvalue weighted by molar-refractivity contribution is -0.522. The molecule has 0 spiro atoms. The van der Waals surface area contributed by atoms with E-state index in [0.717, 1.165) is 25.7 Å². The van der Waals surface area contributed by atoms with Crippen molar-refractivity contribution in [3.05, 3.63) is 0 Å². The van der Waals surface area contributed by atoms with E-state index < -0.39 is 5.79 Å². The van der Waals surface area contributed by atoms with Crippen molar-refractivity contribution in [2.45, 2.75) is 98.1 Å². The van der Waals surface area contributed by atoms with E-state index in [1.54, 1.807) is 6.92 Å². The lowest BCUT2D eigenvalue weighted by Gasteiger charge is -2.29. The number of hydrogen-bond donors (Lipinski definition) is 0. The van der Waals surface area contributed by atoms with E-state index in [0.29, 0.717) is 6.61 Å². The van der Waals surface area contributed by atoms with E-state index in [2.05, 4.69) is 0 Å². The maximum absolute atomic E-state index is 11.7. The molecule has 0 aliphatic rings. The summed E-state index contributed by atoms with van der Waals surface area (Å²) in [6, 6.07) is 0. The third kappa shape index (κ3) is 11.5. The summed E-state index contributed by atoms with van der Waals surface area (Å²) in [7, 11) is 0. The molecule has 0 bridgehead atoms. The minimum absolute atomic E-state index is 0.0713. The Bertz CT molecular complexity index is 293. The fraction of sp³-hybridized carbons (Fsp3) is 0.941. The van der Waals surface area contributed by atoms with Crippen molar-refractivity contribution in [3.8, 4) is 0 Å². The lowest BCUT2D eigenvalue weighted by Crippen LogP contribution is -2.36. The van der Waals surface area contributed by atoms with Gasteiger partial charge in [-0.2, -0.15) is 9.78 Å². The summed E-state index contributed by atoms with van der Waals surface area (Å²) in [4.78, 5) is 33.1. The van der Waals surface area contributed by atoms with E-state index in [9.17, 15) is 4.79 Å². The molecule has 0 radical (unpaired) electrons. The second-order valence-electron chi connectivity index (χ2n) is 6.00. The van der Waals surface area contributed by atoms with Crippen LogP contribution in [0.1, 0.15) is 80.1 Å². The van der Waals surface area contributed by atoms with Crippen molar-refractivity contribution < 1.29 is 29.1 Å². The van der Waals surface area contributed by atoms with Crippen molar-refractivity contribution in [1.82, 2.24) is 0 Å². The molecule has 138 valence electrons. The van der Waals surface area contributed by atoms with Gasteiger partial charge in [-0.05, 0) is 40.0 Å². The third-order valence-corrected chi connectivity index (χ3v) is 3.47. The van der Waals surface area contributed by atoms with Gasteiger partial charge in [-0.1, -0.05) is 27.2 Å². The van der Waals surface area contributed by atoms with Crippen molar-refractivity contribution in [2.75, 3.05) is 6.61 Å². The quantitative estimate of drug-likeness (QED) is 0.155. The van der Waals surface area contributed by atoms with Crippen molar-refractivity contribution >= 4 is 5.97 Å². The fourth-order valence-electron chi connectivity index (χ4n) is 1.33. The monoisotopic (exact) mass is 334 g/mol. The summed E-state index contributed by atoms with van der Waals surface area (Å²) in [5.74, 6) is -1.43. The molecule has 2 atom stereocenters. The van der Waals surface area contributed by atoms with E-state index in [1.165, 1.54) is 0 Å². The Kier molecular flexibility index (Phi) is 12.3. The molecule has 6 nitrogen and oxygen atoms in total. The fourth-order valence-corrected chi connectivity index (χ4v) is 1.33. The molecule has 2 unspecified atom stereocenters. The Hall–Kier alpha value is -0.690. The number of hydrogen-bond acceptors (Lipinski definition) is 6. The molecule has 6 heteroatoms. The van der Waals surface area contributed by atoms with Gasteiger partial charge in [0.25, 0.3) is 0 Å². The van der Waals surface area contributed by atoms with Crippen LogP contribution >= 0.6 is 0 Å². The highest BCUT2D eigenvalue weighted by Gasteiger charge is 2.32. The summed E-state index contributed by atoms with van der Waals surface area (Å²) in [6.07, 6.45) is 3.78. The number of carbonyl (C=O) groups excluding carboxylic acids is 1. The topological polar surface area (TPSA) is 63.2 Å². The first kappa shape index (κ1) is 22.3. The zero-order valence-electron chi connectivity index (χ0n) is 15.6. The highest BCUT2D eigenvalue weighted by Crippen LogP contribution is 2.23. The molecule has 0 saturated carbocycles.